The highest BCUT2D eigenvalue weighted by Gasteiger charge is 2.21. The first kappa shape index (κ1) is 16.1. The number of carbonyl (C=O) groups is 2. The molecule has 0 spiro atoms. The van der Waals surface area contributed by atoms with Gasteiger partial charge in [-0.05, 0) is 36.8 Å². The van der Waals surface area contributed by atoms with Crippen molar-refractivity contribution in [2.45, 2.75) is 39.8 Å². The minimum absolute atomic E-state index is 0.126. The Labute approximate surface area is 129 Å². The number of carbonyl (C=O) groups excluding carboxylic acids is 1. The lowest BCUT2D eigenvalue weighted by Gasteiger charge is -2.17. The SMILES string of the molecule is Cc1cc2ccccc2n1CC(=O)N[C@@H](CC(C)C)C(=O)O. The number of aliphatic carboxylic acids is 1. The zero-order chi connectivity index (χ0) is 16.3. The van der Waals surface area contributed by atoms with Crippen LogP contribution < -0.4 is 5.32 Å². The summed E-state index contributed by atoms with van der Waals surface area (Å²) in [4.78, 5) is 23.4. The zero-order valence-electron chi connectivity index (χ0n) is 13.2. The molecule has 0 aliphatic carbocycles. The van der Waals surface area contributed by atoms with Crippen LogP contribution in [0, 0.1) is 12.8 Å². The lowest BCUT2D eigenvalue weighted by Crippen LogP contribution is -2.43. The van der Waals surface area contributed by atoms with Crippen LogP contribution in [0.15, 0.2) is 30.3 Å². The topological polar surface area (TPSA) is 71.3 Å². The zero-order valence-corrected chi connectivity index (χ0v) is 13.2. The van der Waals surface area contributed by atoms with Gasteiger partial charge in [-0.2, -0.15) is 0 Å². The maximum Gasteiger partial charge on any atom is 0.326 e. The molecule has 0 aliphatic rings. The first-order chi connectivity index (χ1) is 10.4. The van der Waals surface area contributed by atoms with Crippen LogP contribution in [0.5, 0.6) is 0 Å². The highest BCUT2D eigenvalue weighted by Crippen LogP contribution is 2.19. The predicted molar refractivity (Wildman–Crippen MR) is 85.7 cm³/mol. The Morgan fingerprint density at radius 3 is 2.59 bits per heavy atom. The molecule has 2 rings (SSSR count). The molecule has 1 heterocycles. The van der Waals surface area contributed by atoms with Crippen molar-refractivity contribution in [2.24, 2.45) is 5.92 Å². The minimum atomic E-state index is -0.990. The highest BCUT2D eigenvalue weighted by molar-refractivity contribution is 5.86. The van der Waals surface area contributed by atoms with Gasteiger partial charge in [0.15, 0.2) is 0 Å². The van der Waals surface area contributed by atoms with Gasteiger partial charge in [-0.15, -0.1) is 0 Å². The van der Waals surface area contributed by atoms with E-state index in [4.69, 9.17) is 0 Å². The van der Waals surface area contributed by atoms with Crippen LogP contribution in [-0.4, -0.2) is 27.6 Å². The van der Waals surface area contributed by atoms with Crippen LogP contribution in [0.3, 0.4) is 0 Å². The van der Waals surface area contributed by atoms with Crippen molar-refractivity contribution < 1.29 is 14.7 Å². The largest absolute Gasteiger partial charge is 0.480 e. The van der Waals surface area contributed by atoms with Crippen LogP contribution in [0.25, 0.3) is 10.9 Å². The monoisotopic (exact) mass is 302 g/mol. The molecule has 22 heavy (non-hydrogen) atoms. The average Bonchev–Trinajstić information content (AvgIpc) is 2.74. The van der Waals surface area contributed by atoms with Crippen LogP contribution in [0.2, 0.25) is 0 Å². The normalized spacial score (nSPS) is 12.5. The van der Waals surface area contributed by atoms with Crippen molar-refractivity contribution in [1.29, 1.82) is 0 Å². The van der Waals surface area contributed by atoms with E-state index in [1.165, 1.54) is 0 Å². The number of aromatic nitrogens is 1. The molecule has 1 aromatic carbocycles. The van der Waals surface area contributed by atoms with Crippen molar-refractivity contribution in [1.82, 2.24) is 9.88 Å². The molecule has 0 aliphatic heterocycles. The molecule has 0 radical (unpaired) electrons. The van der Waals surface area contributed by atoms with E-state index in [0.717, 1.165) is 16.6 Å². The number of nitrogens with zero attached hydrogens (tertiary/aromatic N) is 1. The van der Waals surface area contributed by atoms with E-state index in [-0.39, 0.29) is 18.4 Å². The Balaban J connectivity index is 2.13. The van der Waals surface area contributed by atoms with Gasteiger partial charge >= 0.3 is 5.97 Å². The van der Waals surface area contributed by atoms with Crippen LogP contribution in [0.1, 0.15) is 26.0 Å². The van der Waals surface area contributed by atoms with E-state index >= 15 is 0 Å². The van der Waals surface area contributed by atoms with E-state index in [9.17, 15) is 14.7 Å². The first-order valence-corrected chi connectivity index (χ1v) is 7.45. The summed E-state index contributed by atoms with van der Waals surface area (Å²) in [6.07, 6.45) is 0.423. The van der Waals surface area contributed by atoms with Crippen molar-refractivity contribution in [2.75, 3.05) is 0 Å². The lowest BCUT2D eigenvalue weighted by atomic mass is 10.0. The molecule has 5 nitrogen and oxygen atoms in total. The summed E-state index contributed by atoms with van der Waals surface area (Å²) in [5, 5.41) is 12.9. The maximum absolute atomic E-state index is 12.2. The molecule has 0 saturated carbocycles. The maximum atomic E-state index is 12.2. The standard InChI is InChI=1S/C17H22N2O3/c1-11(2)8-14(17(21)22)18-16(20)10-19-12(3)9-13-6-4-5-7-15(13)19/h4-7,9,11,14H,8,10H2,1-3H3,(H,18,20)(H,21,22)/t14-/m0/s1. The summed E-state index contributed by atoms with van der Waals surface area (Å²) in [7, 11) is 0. The fourth-order valence-corrected chi connectivity index (χ4v) is 2.63. The molecular formula is C17H22N2O3. The summed E-state index contributed by atoms with van der Waals surface area (Å²) in [5.41, 5.74) is 1.96. The number of hydrogen-bond acceptors (Lipinski definition) is 2. The molecule has 1 amide bonds. The number of amides is 1. The number of carboxylic acids is 1. The predicted octanol–water partition coefficient (Wildman–Crippen LogP) is 2.57. The van der Waals surface area contributed by atoms with Gasteiger partial charge in [0.25, 0.3) is 0 Å². The second-order valence-corrected chi connectivity index (χ2v) is 6.02. The molecule has 0 bridgehead atoms. The van der Waals surface area contributed by atoms with Gasteiger partial charge in [-0.1, -0.05) is 32.0 Å². The number of hydrogen-bond donors (Lipinski definition) is 2. The number of benzene rings is 1. The summed E-state index contributed by atoms with van der Waals surface area (Å²) >= 11 is 0. The van der Waals surface area contributed by atoms with Gasteiger partial charge in [0.05, 0.1) is 0 Å². The molecule has 0 fully saturated rings. The second kappa shape index (κ2) is 6.64. The van der Waals surface area contributed by atoms with Crippen LogP contribution in [0.4, 0.5) is 0 Å². The molecule has 0 unspecified atom stereocenters. The fraction of sp³-hybridized carbons (Fsp3) is 0.412. The summed E-state index contributed by atoms with van der Waals surface area (Å²) in [6.45, 7) is 5.94. The number of rotatable bonds is 6. The van der Waals surface area contributed by atoms with E-state index in [1.807, 2.05) is 55.7 Å². The molecule has 0 saturated heterocycles. The van der Waals surface area contributed by atoms with Crippen molar-refractivity contribution in [3.8, 4) is 0 Å². The third-order valence-corrected chi connectivity index (χ3v) is 3.66. The third-order valence-electron chi connectivity index (χ3n) is 3.66. The summed E-state index contributed by atoms with van der Waals surface area (Å²) in [5.74, 6) is -1.07. The number of fused-ring (bicyclic) bond motifs is 1. The summed E-state index contributed by atoms with van der Waals surface area (Å²) < 4.78 is 1.90. The Morgan fingerprint density at radius 1 is 1.27 bits per heavy atom. The number of nitrogens with one attached hydrogen (secondary N) is 1. The average molecular weight is 302 g/mol. The van der Waals surface area contributed by atoms with Gasteiger partial charge in [0, 0.05) is 11.2 Å². The van der Waals surface area contributed by atoms with Crippen LogP contribution in [-0.2, 0) is 16.1 Å². The molecule has 1 aromatic heterocycles. The third kappa shape index (κ3) is 3.67. The Bertz CT molecular complexity index is 688. The molecular weight excluding hydrogens is 280 g/mol. The second-order valence-electron chi connectivity index (χ2n) is 6.02. The fourth-order valence-electron chi connectivity index (χ4n) is 2.63. The van der Waals surface area contributed by atoms with E-state index in [0.29, 0.717) is 6.42 Å². The van der Waals surface area contributed by atoms with Gasteiger partial charge < -0.3 is 15.0 Å². The smallest absolute Gasteiger partial charge is 0.326 e. The Kier molecular flexibility index (Phi) is 4.85. The van der Waals surface area contributed by atoms with Gasteiger partial charge in [-0.25, -0.2) is 4.79 Å². The quantitative estimate of drug-likeness (QED) is 0.861. The number of para-hydroxylation sites is 1. The molecule has 5 heteroatoms. The van der Waals surface area contributed by atoms with E-state index in [2.05, 4.69) is 5.32 Å². The number of carboxylic acid groups (broad SMARTS) is 1. The lowest BCUT2D eigenvalue weighted by molar-refractivity contribution is -0.142. The molecule has 2 aromatic rings. The van der Waals surface area contributed by atoms with E-state index in [1.54, 1.807) is 0 Å². The van der Waals surface area contributed by atoms with Gasteiger partial charge in [0.2, 0.25) is 5.91 Å². The molecule has 1 atom stereocenters. The van der Waals surface area contributed by atoms with Gasteiger partial charge in [0.1, 0.15) is 12.6 Å². The molecule has 118 valence electrons. The van der Waals surface area contributed by atoms with Gasteiger partial charge in [-0.3, -0.25) is 4.79 Å². The Hall–Kier alpha value is -2.30. The Morgan fingerprint density at radius 2 is 1.95 bits per heavy atom. The number of aryl methyl sites for hydroxylation is 1. The van der Waals surface area contributed by atoms with Crippen molar-refractivity contribution in [3.05, 3.63) is 36.0 Å². The minimum Gasteiger partial charge on any atom is -0.480 e. The van der Waals surface area contributed by atoms with E-state index < -0.39 is 12.0 Å². The van der Waals surface area contributed by atoms with Crippen molar-refractivity contribution >= 4 is 22.8 Å². The molecule has 2 N–H and O–H groups in total. The summed E-state index contributed by atoms with van der Waals surface area (Å²) in [6, 6.07) is 9.01. The van der Waals surface area contributed by atoms with Crippen LogP contribution >= 0.6 is 0 Å². The highest BCUT2D eigenvalue weighted by atomic mass is 16.4. The first-order valence-electron chi connectivity index (χ1n) is 7.45. The van der Waals surface area contributed by atoms with Crippen molar-refractivity contribution in [3.63, 3.8) is 0 Å².